The highest BCUT2D eigenvalue weighted by molar-refractivity contribution is 6.15. The summed E-state index contributed by atoms with van der Waals surface area (Å²) in [5.74, 6) is -0.142. The van der Waals surface area contributed by atoms with Gasteiger partial charge in [-0.2, -0.15) is 0 Å². The molecule has 0 amide bonds. The lowest BCUT2D eigenvalue weighted by Crippen LogP contribution is -2.34. The molecule has 2 aromatic heterocycles. The second-order valence-corrected chi connectivity index (χ2v) is 25.2. The third-order valence-electron chi connectivity index (χ3n) is 21.1. The Labute approximate surface area is 532 Å². The van der Waals surface area contributed by atoms with Crippen molar-refractivity contribution < 1.29 is 8.83 Å². The minimum Gasteiger partial charge on any atom is -0.456 e. The van der Waals surface area contributed by atoms with Crippen LogP contribution in [-0.4, -0.2) is 0 Å². The normalized spacial score (nSPS) is 15.6. The fourth-order valence-electron chi connectivity index (χ4n) is 17.8. The molecule has 2 atom stereocenters. The monoisotopic (exact) mass is 1170 g/mol. The van der Waals surface area contributed by atoms with Gasteiger partial charge in [-0.05, 0) is 151 Å². The molecular weight excluding hydrogens is 1120 g/mol. The standard InChI is InChI=1S/C88H56N2O2/c1-3-25-55(26-4-1)59-29-11-19-41-75(59)89(77-43-23-47-81-83(77)67-35-13-21-45-79(67)91-81)57-49-51-65-73(53-57)87(69-37-15-7-31-61(69)62-32-8-16-38-70(62)87)86-66-52-50-58(54-74(66)88(85(65)86)71-39-17-9-33-63(71)64-34-10-18-40-72(64)88)90(76-42-20-12-30-60(76)56-27-5-2-6-28-56)78-44-24-48-82-84(78)68-36-14-22-46-80(68)92-82/h1-54,85-86H. The van der Waals surface area contributed by atoms with Crippen molar-refractivity contribution in [3.8, 4) is 44.5 Å². The minimum atomic E-state index is -0.657. The molecule has 0 radical (unpaired) electrons. The number of hydrogen-bond donors (Lipinski definition) is 0. The molecule has 4 nitrogen and oxygen atoms in total. The number of nitrogens with zero attached hydrogens (tertiary/aromatic N) is 2. The second-order valence-electron chi connectivity index (χ2n) is 25.2. The summed E-state index contributed by atoms with van der Waals surface area (Å²) >= 11 is 0. The van der Waals surface area contributed by atoms with E-state index in [1.807, 2.05) is 0 Å². The fourth-order valence-corrected chi connectivity index (χ4v) is 17.8. The molecule has 0 aliphatic heterocycles. The first-order chi connectivity index (χ1) is 45.7. The molecule has 0 bridgehead atoms. The largest absolute Gasteiger partial charge is 0.456 e. The van der Waals surface area contributed by atoms with E-state index in [1.165, 1.54) is 66.8 Å². The van der Waals surface area contributed by atoms with E-state index in [4.69, 9.17) is 8.83 Å². The van der Waals surface area contributed by atoms with Crippen LogP contribution in [-0.2, 0) is 10.8 Å². The van der Waals surface area contributed by atoms with Crippen molar-refractivity contribution in [3.05, 3.63) is 372 Å². The fraction of sp³-hybridized carbons (Fsp3) is 0.0455. The summed E-state index contributed by atoms with van der Waals surface area (Å²) < 4.78 is 13.5. The van der Waals surface area contributed by atoms with Crippen molar-refractivity contribution in [1.82, 2.24) is 0 Å². The highest BCUT2D eigenvalue weighted by Gasteiger charge is 2.70. The van der Waals surface area contributed by atoms with Gasteiger partial charge in [-0.15, -0.1) is 0 Å². The smallest absolute Gasteiger partial charge is 0.137 e. The Kier molecular flexibility index (Phi) is 10.8. The average molecular weight is 1170 g/mol. The molecule has 0 fully saturated rings. The summed E-state index contributed by atoms with van der Waals surface area (Å²) in [5, 5.41) is 4.32. The van der Waals surface area contributed by atoms with Crippen molar-refractivity contribution in [2.24, 2.45) is 0 Å². The van der Waals surface area contributed by atoms with Crippen LogP contribution in [0.3, 0.4) is 0 Å². The van der Waals surface area contributed by atoms with Gasteiger partial charge in [-0.1, -0.05) is 255 Å². The molecule has 16 aromatic rings. The Hall–Kier alpha value is -11.7. The third-order valence-corrected chi connectivity index (χ3v) is 21.1. The van der Waals surface area contributed by atoms with Crippen molar-refractivity contribution >= 4 is 78.0 Å². The van der Waals surface area contributed by atoms with E-state index in [2.05, 4.69) is 337 Å². The van der Waals surface area contributed by atoms with Crippen LogP contribution in [0.25, 0.3) is 88.4 Å². The van der Waals surface area contributed by atoms with Crippen LogP contribution in [0.15, 0.2) is 336 Å². The molecular formula is C88H56N2O2. The Bertz CT molecular complexity index is 5270. The van der Waals surface area contributed by atoms with Gasteiger partial charge >= 0.3 is 0 Å². The molecule has 92 heavy (non-hydrogen) atoms. The summed E-state index contributed by atoms with van der Waals surface area (Å²) in [7, 11) is 0. The first-order valence-electron chi connectivity index (χ1n) is 32.1. The molecule has 4 heteroatoms. The van der Waals surface area contributed by atoms with Gasteiger partial charge in [0.1, 0.15) is 22.3 Å². The maximum atomic E-state index is 6.75. The Morgan fingerprint density at radius 2 is 0.554 bits per heavy atom. The SMILES string of the molecule is c1ccc(-c2ccccc2N(c2ccc3c(c2)C2(c4ccccc4-c4ccccc42)C2c4ccc(N(c5ccccc5-c5ccccc5)c5cccc6oc7ccccc7c56)cc4C4(c5ccccc5-c5ccccc54)C32)c2cccc3oc4ccccc4c23)cc1. The first-order valence-corrected chi connectivity index (χ1v) is 32.1. The molecule has 430 valence electrons. The molecule has 4 aliphatic rings. The predicted molar refractivity (Wildman–Crippen MR) is 377 cm³/mol. The third kappa shape index (κ3) is 6.80. The van der Waals surface area contributed by atoms with E-state index in [0.29, 0.717) is 0 Å². The highest BCUT2D eigenvalue weighted by atomic mass is 16.3. The van der Waals surface area contributed by atoms with Crippen LogP contribution < -0.4 is 9.80 Å². The van der Waals surface area contributed by atoms with E-state index >= 15 is 0 Å². The lowest BCUT2D eigenvalue weighted by atomic mass is 9.62. The lowest BCUT2D eigenvalue weighted by molar-refractivity contribution is 0.425. The first kappa shape index (κ1) is 51.2. The zero-order chi connectivity index (χ0) is 60.2. The summed E-state index contributed by atoms with van der Waals surface area (Å²) in [4.78, 5) is 5.06. The lowest BCUT2D eigenvalue weighted by Gasteiger charge is -2.38. The number of para-hydroxylation sites is 4. The number of benzene rings is 14. The quantitative estimate of drug-likeness (QED) is 0.152. The number of anilines is 6. The van der Waals surface area contributed by atoms with E-state index in [9.17, 15) is 0 Å². The van der Waals surface area contributed by atoms with Gasteiger partial charge in [0.25, 0.3) is 0 Å². The molecule has 20 rings (SSSR count). The van der Waals surface area contributed by atoms with Crippen LogP contribution in [0.1, 0.15) is 56.3 Å². The van der Waals surface area contributed by atoms with E-state index in [0.717, 1.165) is 100 Å². The van der Waals surface area contributed by atoms with Crippen molar-refractivity contribution in [3.63, 3.8) is 0 Å². The molecule has 2 spiro atoms. The predicted octanol–water partition coefficient (Wildman–Crippen LogP) is 23.3. The van der Waals surface area contributed by atoms with Gasteiger partial charge in [0, 0.05) is 45.1 Å². The summed E-state index contributed by atoms with van der Waals surface area (Å²) in [6, 6.07) is 122. The van der Waals surface area contributed by atoms with Gasteiger partial charge in [-0.25, -0.2) is 0 Å². The van der Waals surface area contributed by atoms with Crippen LogP contribution in [0, 0.1) is 0 Å². The second kappa shape index (κ2) is 19.4. The zero-order valence-corrected chi connectivity index (χ0v) is 50.0. The van der Waals surface area contributed by atoms with E-state index in [-0.39, 0.29) is 11.8 Å². The molecule has 0 saturated heterocycles. The number of fused-ring (bicyclic) bond motifs is 25. The van der Waals surface area contributed by atoms with Gasteiger partial charge < -0.3 is 18.6 Å². The zero-order valence-electron chi connectivity index (χ0n) is 50.0. The molecule has 2 heterocycles. The van der Waals surface area contributed by atoms with E-state index < -0.39 is 10.8 Å². The van der Waals surface area contributed by atoms with Gasteiger partial charge in [0.15, 0.2) is 0 Å². The van der Waals surface area contributed by atoms with Crippen molar-refractivity contribution in [2.45, 2.75) is 22.7 Å². The summed E-state index contributed by atoms with van der Waals surface area (Å²) in [6.45, 7) is 0. The number of hydrogen-bond acceptors (Lipinski definition) is 4. The number of furan rings is 2. The Balaban J connectivity index is 0.905. The van der Waals surface area contributed by atoms with Crippen molar-refractivity contribution in [1.29, 1.82) is 0 Å². The van der Waals surface area contributed by atoms with Crippen LogP contribution >= 0.6 is 0 Å². The summed E-state index contributed by atoms with van der Waals surface area (Å²) in [6.07, 6.45) is 0. The topological polar surface area (TPSA) is 32.8 Å². The molecule has 14 aromatic carbocycles. The maximum Gasteiger partial charge on any atom is 0.137 e. The van der Waals surface area contributed by atoms with Gasteiger partial charge in [0.05, 0.1) is 44.4 Å². The molecule has 0 saturated carbocycles. The van der Waals surface area contributed by atoms with Crippen LogP contribution in [0.2, 0.25) is 0 Å². The minimum absolute atomic E-state index is 0.0709. The van der Waals surface area contributed by atoms with Gasteiger partial charge in [0.2, 0.25) is 0 Å². The van der Waals surface area contributed by atoms with Crippen LogP contribution in [0.4, 0.5) is 34.1 Å². The molecule has 2 unspecified atom stereocenters. The van der Waals surface area contributed by atoms with Crippen LogP contribution in [0.5, 0.6) is 0 Å². The van der Waals surface area contributed by atoms with E-state index in [1.54, 1.807) is 0 Å². The Morgan fingerprint density at radius 1 is 0.239 bits per heavy atom. The number of rotatable bonds is 8. The van der Waals surface area contributed by atoms with Gasteiger partial charge in [-0.3, -0.25) is 0 Å². The molecule has 0 N–H and O–H groups in total. The maximum absolute atomic E-state index is 6.75. The average Bonchev–Trinajstić information content (AvgIpc) is 1.46. The molecule has 4 aliphatic carbocycles. The Morgan fingerprint density at radius 3 is 0.957 bits per heavy atom. The van der Waals surface area contributed by atoms with Crippen molar-refractivity contribution in [2.75, 3.05) is 9.80 Å². The summed E-state index contributed by atoms with van der Waals surface area (Å²) in [5.41, 5.74) is 29.1. The highest BCUT2D eigenvalue weighted by Crippen LogP contribution is 2.78.